The molecule has 0 aromatic heterocycles. The van der Waals surface area contributed by atoms with Crippen molar-refractivity contribution in [1.29, 1.82) is 0 Å². The molecular weight excluding hydrogens is 296 g/mol. The second-order valence-corrected chi connectivity index (χ2v) is 5.67. The third-order valence-electron chi connectivity index (χ3n) is 4.11. The fourth-order valence-electron chi connectivity index (χ4n) is 3.08. The van der Waals surface area contributed by atoms with E-state index in [0.29, 0.717) is 0 Å². The number of hydrogen-bond acceptors (Lipinski definition) is 1. The molecular formula is C22H18S. The smallest absolute Gasteiger partial charge is 0.0635 e. The van der Waals surface area contributed by atoms with Crippen LogP contribution in [-0.2, 0) is 5.41 Å². The van der Waals surface area contributed by atoms with Gasteiger partial charge in [0.05, 0.1) is 5.41 Å². The van der Waals surface area contributed by atoms with Gasteiger partial charge in [0.15, 0.2) is 0 Å². The molecule has 0 fully saturated rings. The Balaban J connectivity index is 2.35. The first-order chi connectivity index (χ1) is 11.4. The van der Waals surface area contributed by atoms with Gasteiger partial charge in [-0.05, 0) is 16.7 Å². The van der Waals surface area contributed by atoms with Gasteiger partial charge in [-0.15, -0.1) is 0 Å². The van der Waals surface area contributed by atoms with Crippen LogP contribution >= 0.6 is 12.2 Å². The van der Waals surface area contributed by atoms with E-state index in [0.717, 1.165) is 0 Å². The largest absolute Gasteiger partial charge is 0.0887 e. The molecule has 0 radical (unpaired) electrons. The third kappa shape index (κ3) is 3.01. The highest BCUT2D eigenvalue weighted by atomic mass is 32.1. The lowest BCUT2D eigenvalue weighted by atomic mass is 9.69. The van der Waals surface area contributed by atoms with Gasteiger partial charge in [-0.1, -0.05) is 115 Å². The molecule has 0 aliphatic heterocycles. The summed E-state index contributed by atoms with van der Waals surface area (Å²) in [6.45, 7) is 0. The van der Waals surface area contributed by atoms with Gasteiger partial charge in [0.25, 0.3) is 0 Å². The minimum Gasteiger partial charge on any atom is -0.0887 e. The van der Waals surface area contributed by atoms with Crippen molar-refractivity contribution in [1.82, 2.24) is 0 Å². The Morgan fingerprint density at radius 3 is 1.22 bits per heavy atom. The van der Waals surface area contributed by atoms with E-state index in [1.165, 1.54) is 16.7 Å². The average molecular weight is 314 g/mol. The predicted octanol–water partition coefficient (Wildman–Crippen LogP) is 5.58. The van der Waals surface area contributed by atoms with E-state index >= 15 is 0 Å². The van der Waals surface area contributed by atoms with Crippen molar-refractivity contribution < 1.29 is 0 Å². The summed E-state index contributed by atoms with van der Waals surface area (Å²) in [6, 6.07) is 31.7. The van der Waals surface area contributed by atoms with Crippen LogP contribution in [0.3, 0.4) is 0 Å². The first kappa shape index (κ1) is 15.4. The molecule has 0 bridgehead atoms. The zero-order valence-electron chi connectivity index (χ0n) is 12.8. The minimum absolute atomic E-state index is 0.348. The van der Waals surface area contributed by atoms with Crippen LogP contribution in [0.1, 0.15) is 16.7 Å². The molecule has 112 valence electrons. The maximum atomic E-state index is 5.06. The monoisotopic (exact) mass is 314 g/mol. The van der Waals surface area contributed by atoms with Crippen LogP contribution in [0.4, 0.5) is 0 Å². The summed E-state index contributed by atoms with van der Waals surface area (Å²) in [7, 11) is 0. The van der Waals surface area contributed by atoms with Crippen molar-refractivity contribution in [3.8, 4) is 0 Å². The Morgan fingerprint density at radius 2 is 0.913 bits per heavy atom. The fraction of sp³-hybridized carbons (Fsp3) is 0.0455. The molecule has 0 unspecified atom stereocenters. The Morgan fingerprint density at radius 1 is 0.565 bits per heavy atom. The van der Waals surface area contributed by atoms with Crippen molar-refractivity contribution in [3.63, 3.8) is 0 Å². The van der Waals surface area contributed by atoms with Crippen LogP contribution in [0.5, 0.6) is 0 Å². The first-order valence-corrected chi connectivity index (χ1v) is 8.14. The van der Waals surface area contributed by atoms with E-state index in [9.17, 15) is 0 Å². The van der Waals surface area contributed by atoms with E-state index in [-0.39, 0.29) is 5.41 Å². The highest BCUT2D eigenvalue weighted by Gasteiger charge is 2.33. The van der Waals surface area contributed by atoms with Gasteiger partial charge in [-0.25, -0.2) is 0 Å². The van der Waals surface area contributed by atoms with Crippen molar-refractivity contribution in [2.24, 2.45) is 0 Å². The Kier molecular flexibility index (Phi) is 4.80. The molecule has 0 atom stereocenters. The summed E-state index contributed by atoms with van der Waals surface area (Å²) < 4.78 is 0. The summed E-state index contributed by atoms with van der Waals surface area (Å²) in [4.78, 5) is 0. The van der Waals surface area contributed by atoms with Gasteiger partial charge in [0.1, 0.15) is 0 Å². The zero-order chi connectivity index (χ0) is 16.0. The van der Waals surface area contributed by atoms with Crippen LogP contribution in [-0.4, -0.2) is 5.37 Å². The third-order valence-corrected chi connectivity index (χ3v) is 4.27. The SMILES string of the molecule is S=C/C=C\C(c1ccccc1)(c1ccccc1)c1ccccc1. The van der Waals surface area contributed by atoms with Gasteiger partial charge >= 0.3 is 0 Å². The Bertz CT molecular complexity index is 677. The zero-order valence-corrected chi connectivity index (χ0v) is 13.6. The minimum atomic E-state index is -0.348. The van der Waals surface area contributed by atoms with Crippen molar-refractivity contribution in [3.05, 3.63) is 120 Å². The standard InChI is InChI=1S/C22H18S/c23-18-10-17-22(19-11-4-1-5-12-19,20-13-6-2-7-14-20)21-15-8-3-9-16-21/h1-18H/b17-10-. The molecule has 0 saturated heterocycles. The summed E-state index contributed by atoms with van der Waals surface area (Å²) in [5.41, 5.74) is 3.33. The highest BCUT2D eigenvalue weighted by molar-refractivity contribution is 7.79. The van der Waals surface area contributed by atoms with E-state index < -0.39 is 0 Å². The number of allylic oxidation sites excluding steroid dienone is 2. The highest BCUT2D eigenvalue weighted by Crippen LogP contribution is 2.40. The number of benzene rings is 3. The first-order valence-electron chi connectivity index (χ1n) is 7.67. The van der Waals surface area contributed by atoms with E-state index in [4.69, 9.17) is 12.2 Å². The normalized spacial score (nSPS) is 11.5. The molecule has 0 heterocycles. The molecule has 1 heteroatoms. The van der Waals surface area contributed by atoms with E-state index in [1.54, 1.807) is 5.37 Å². The summed E-state index contributed by atoms with van der Waals surface area (Å²) in [5, 5.41) is 1.67. The number of hydrogen-bond donors (Lipinski definition) is 0. The Hall–Kier alpha value is -2.51. The lowest BCUT2D eigenvalue weighted by molar-refractivity contribution is 0.779. The fourth-order valence-corrected chi connectivity index (χ4v) is 3.15. The van der Waals surface area contributed by atoms with E-state index in [2.05, 4.69) is 78.9 Å². The summed E-state index contributed by atoms with van der Waals surface area (Å²) in [5.74, 6) is 0. The average Bonchev–Trinajstić information content (AvgIpc) is 2.65. The molecule has 0 saturated carbocycles. The summed E-state index contributed by atoms with van der Waals surface area (Å²) in [6.07, 6.45) is 4.16. The van der Waals surface area contributed by atoms with Crippen LogP contribution in [0.15, 0.2) is 103 Å². The van der Waals surface area contributed by atoms with Gasteiger partial charge in [-0.3, -0.25) is 0 Å². The van der Waals surface area contributed by atoms with Crippen LogP contribution in [0.25, 0.3) is 0 Å². The van der Waals surface area contributed by atoms with Crippen LogP contribution < -0.4 is 0 Å². The molecule has 0 amide bonds. The molecule has 0 aliphatic carbocycles. The van der Waals surface area contributed by atoms with Crippen LogP contribution in [0.2, 0.25) is 0 Å². The predicted molar refractivity (Wildman–Crippen MR) is 102 cm³/mol. The molecule has 23 heavy (non-hydrogen) atoms. The van der Waals surface area contributed by atoms with Gasteiger partial charge in [0, 0.05) is 5.37 Å². The van der Waals surface area contributed by atoms with Gasteiger partial charge in [-0.2, -0.15) is 0 Å². The van der Waals surface area contributed by atoms with Crippen LogP contribution in [0, 0.1) is 0 Å². The van der Waals surface area contributed by atoms with Crippen molar-refractivity contribution in [2.75, 3.05) is 0 Å². The molecule has 3 aromatic rings. The van der Waals surface area contributed by atoms with Crippen molar-refractivity contribution >= 4 is 17.6 Å². The number of thiocarbonyl (C=S) groups is 1. The lowest BCUT2D eigenvalue weighted by Crippen LogP contribution is -2.27. The van der Waals surface area contributed by atoms with Gasteiger partial charge < -0.3 is 0 Å². The molecule has 3 rings (SSSR count). The topological polar surface area (TPSA) is 0 Å². The second-order valence-electron chi connectivity index (χ2n) is 5.40. The quantitative estimate of drug-likeness (QED) is 0.337. The molecule has 0 spiro atoms. The second kappa shape index (κ2) is 7.17. The van der Waals surface area contributed by atoms with E-state index in [1.807, 2.05) is 24.3 Å². The van der Waals surface area contributed by atoms with Crippen molar-refractivity contribution in [2.45, 2.75) is 5.41 Å². The molecule has 0 N–H and O–H groups in total. The summed E-state index contributed by atoms with van der Waals surface area (Å²) >= 11 is 5.06. The maximum Gasteiger partial charge on any atom is 0.0635 e. The lowest BCUT2D eigenvalue weighted by Gasteiger charge is -2.33. The molecule has 3 aromatic carbocycles. The maximum absolute atomic E-state index is 5.06. The number of rotatable bonds is 5. The van der Waals surface area contributed by atoms with Gasteiger partial charge in [0.2, 0.25) is 0 Å². The molecule has 0 aliphatic rings. The Labute approximate surface area is 143 Å². The molecule has 0 nitrogen and oxygen atoms in total.